The number of rotatable bonds is 5. The average Bonchev–Trinajstić information content (AvgIpc) is 2.00. The van der Waals surface area contributed by atoms with Gasteiger partial charge in [-0.05, 0) is 18.1 Å². The zero-order valence-corrected chi connectivity index (χ0v) is 9.96. The maximum Gasteiger partial charge on any atom is 0.220 e. The van der Waals surface area contributed by atoms with Gasteiger partial charge in [-0.15, -0.1) is 0 Å². The first-order valence-electron chi connectivity index (χ1n) is 4.71. The third-order valence-corrected chi connectivity index (χ3v) is 2.34. The van der Waals surface area contributed by atoms with E-state index in [-0.39, 0.29) is 11.3 Å². The highest BCUT2D eigenvalue weighted by atomic mass is 32.2. The average molecular weight is 203 g/mol. The Morgan fingerprint density at radius 1 is 1.38 bits per heavy atom. The number of nitrogens with one attached hydrogen (secondary N) is 1. The van der Waals surface area contributed by atoms with Crippen LogP contribution < -0.4 is 5.32 Å². The van der Waals surface area contributed by atoms with Crippen LogP contribution in [0.2, 0.25) is 0 Å². The molecule has 0 aromatic carbocycles. The van der Waals surface area contributed by atoms with Crippen LogP contribution in [0.15, 0.2) is 0 Å². The summed E-state index contributed by atoms with van der Waals surface area (Å²) in [6, 6.07) is 0. The van der Waals surface area contributed by atoms with Gasteiger partial charge in [0, 0.05) is 18.7 Å². The zero-order valence-electron chi connectivity index (χ0n) is 9.14. The molecule has 2 nitrogen and oxygen atoms in total. The lowest BCUT2D eigenvalue weighted by molar-refractivity contribution is -0.121. The van der Waals surface area contributed by atoms with Crippen LogP contribution in [0.1, 0.15) is 33.6 Å². The third kappa shape index (κ3) is 9.74. The van der Waals surface area contributed by atoms with Crippen molar-refractivity contribution in [1.82, 2.24) is 5.32 Å². The maximum absolute atomic E-state index is 11.2. The molecule has 0 rings (SSSR count). The fourth-order valence-corrected chi connectivity index (χ4v) is 1.18. The van der Waals surface area contributed by atoms with E-state index in [1.165, 1.54) is 0 Å². The van der Waals surface area contributed by atoms with Gasteiger partial charge in [-0.1, -0.05) is 20.8 Å². The normalized spacial score (nSPS) is 11.4. The summed E-state index contributed by atoms with van der Waals surface area (Å²) >= 11 is 1.75. The van der Waals surface area contributed by atoms with Gasteiger partial charge in [0.05, 0.1) is 0 Å². The minimum atomic E-state index is 0.184. The molecule has 0 unspecified atom stereocenters. The summed E-state index contributed by atoms with van der Waals surface area (Å²) in [7, 11) is 0. The Labute approximate surface area is 85.9 Å². The number of thioether (sulfide) groups is 1. The van der Waals surface area contributed by atoms with E-state index in [1.807, 2.05) is 6.26 Å². The van der Waals surface area contributed by atoms with E-state index in [9.17, 15) is 4.79 Å². The van der Waals surface area contributed by atoms with Crippen LogP contribution >= 0.6 is 11.8 Å². The molecule has 13 heavy (non-hydrogen) atoms. The van der Waals surface area contributed by atoms with Crippen LogP contribution in [-0.2, 0) is 4.79 Å². The first-order valence-corrected chi connectivity index (χ1v) is 6.11. The Morgan fingerprint density at radius 3 is 2.46 bits per heavy atom. The molecule has 1 amide bonds. The first-order chi connectivity index (χ1) is 5.95. The van der Waals surface area contributed by atoms with E-state index in [1.54, 1.807) is 11.8 Å². The van der Waals surface area contributed by atoms with Crippen LogP contribution in [0.5, 0.6) is 0 Å². The molecule has 0 atom stereocenters. The van der Waals surface area contributed by atoms with Gasteiger partial charge in [-0.2, -0.15) is 11.8 Å². The van der Waals surface area contributed by atoms with E-state index in [0.717, 1.165) is 18.7 Å². The molecule has 0 radical (unpaired) electrons. The molecule has 0 fully saturated rings. The van der Waals surface area contributed by atoms with E-state index in [0.29, 0.717) is 6.42 Å². The molecule has 1 N–H and O–H groups in total. The van der Waals surface area contributed by atoms with Crippen molar-refractivity contribution in [2.24, 2.45) is 5.41 Å². The van der Waals surface area contributed by atoms with E-state index >= 15 is 0 Å². The Hall–Kier alpha value is -0.180. The molecule has 0 saturated carbocycles. The van der Waals surface area contributed by atoms with Crippen molar-refractivity contribution in [3.63, 3.8) is 0 Å². The Bertz CT molecular complexity index is 151. The summed E-state index contributed by atoms with van der Waals surface area (Å²) in [5.41, 5.74) is 0.261. The Morgan fingerprint density at radius 2 is 2.00 bits per heavy atom. The quantitative estimate of drug-likeness (QED) is 0.695. The van der Waals surface area contributed by atoms with E-state index < -0.39 is 0 Å². The highest BCUT2D eigenvalue weighted by molar-refractivity contribution is 7.98. The van der Waals surface area contributed by atoms with Gasteiger partial charge in [0.2, 0.25) is 5.91 Å². The molecule has 78 valence electrons. The van der Waals surface area contributed by atoms with Gasteiger partial charge in [0.1, 0.15) is 0 Å². The van der Waals surface area contributed by atoms with E-state index in [4.69, 9.17) is 0 Å². The van der Waals surface area contributed by atoms with Crippen molar-refractivity contribution in [3.05, 3.63) is 0 Å². The van der Waals surface area contributed by atoms with Crippen molar-refractivity contribution < 1.29 is 4.79 Å². The molecule has 0 saturated heterocycles. The van der Waals surface area contributed by atoms with Crippen molar-refractivity contribution in [3.8, 4) is 0 Å². The second-order valence-corrected chi connectivity index (χ2v) is 5.39. The summed E-state index contributed by atoms with van der Waals surface area (Å²) in [5.74, 6) is 1.19. The third-order valence-electron chi connectivity index (χ3n) is 1.73. The summed E-state index contributed by atoms with van der Waals surface area (Å²) in [6.07, 6.45) is 3.65. The van der Waals surface area contributed by atoms with Gasteiger partial charge in [0.25, 0.3) is 0 Å². The van der Waals surface area contributed by atoms with Crippen molar-refractivity contribution in [2.75, 3.05) is 18.6 Å². The fourth-order valence-electron chi connectivity index (χ4n) is 0.869. The zero-order chi connectivity index (χ0) is 10.3. The molecule has 0 aliphatic heterocycles. The van der Waals surface area contributed by atoms with Gasteiger partial charge in [-0.3, -0.25) is 4.79 Å². The SMILES string of the molecule is CSCCNC(=O)CCC(C)(C)C. The molecule has 0 aliphatic carbocycles. The summed E-state index contributed by atoms with van der Waals surface area (Å²) < 4.78 is 0. The van der Waals surface area contributed by atoms with Crippen molar-refractivity contribution >= 4 is 17.7 Å². The van der Waals surface area contributed by atoms with Gasteiger partial charge in [-0.25, -0.2) is 0 Å². The molecular formula is C10H21NOS. The van der Waals surface area contributed by atoms with Gasteiger partial charge < -0.3 is 5.32 Å². The standard InChI is InChI=1S/C10H21NOS/c1-10(2,3)6-5-9(12)11-7-8-13-4/h5-8H2,1-4H3,(H,11,12). The minimum Gasteiger partial charge on any atom is -0.355 e. The molecule has 0 aromatic heterocycles. The molecule has 0 aliphatic rings. The largest absolute Gasteiger partial charge is 0.355 e. The second kappa shape index (κ2) is 6.30. The Kier molecular flexibility index (Phi) is 6.21. The Balaban J connectivity index is 3.41. The molecule has 0 heterocycles. The number of carbonyl (C=O) groups excluding carboxylic acids is 1. The predicted molar refractivity (Wildman–Crippen MR) is 60.1 cm³/mol. The van der Waals surface area contributed by atoms with Crippen molar-refractivity contribution in [1.29, 1.82) is 0 Å². The summed E-state index contributed by atoms with van der Waals surface area (Å²) in [5, 5.41) is 2.90. The summed E-state index contributed by atoms with van der Waals surface area (Å²) in [4.78, 5) is 11.2. The number of hydrogen-bond donors (Lipinski definition) is 1. The molecular weight excluding hydrogens is 182 g/mol. The monoisotopic (exact) mass is 203 g/mol. The number of amides is 1. The summed E-state index contributed by atoms with van der Waals surface area (Å²) in [6.45, 7) is 7.26. The smallest absolute Gasteiger partial charge is 0.220 e. The lowest BCUT2D eigenvalue weighted by Crippen LogP contribution is -2.26. The van der Waals surface area contributed by atoms with Gasteiger partial charge in [0.15, 0.2) is 0 Å². The van der Waals surface area contributed by atoms with E-state index in [2.05, 4.69) is 26.1 Å². The highest BCUT2D eigenvalue weighted by Gasteiger charge is 2.12. The topological polar surface area (TPSA) is 29.1 Å². The highest BCUT2D eigenvalue weighted by Crippen LogP contribution is 2.19. The maximum atomic E-state index is 11.2. The fraction of sp³-hybridized carbons (Fsp3) is 0.900. The number of hydrogen-bond acceptors (Lipinski definition) is 2. The lowest BCUT2D eigenvalue weighted by Gasteiger charge is -2.17. The molecule has 0 spiro atoms. The minimum absolute atomic E-state index is 0.184. The predicted octanol–water partition coefficient (Wildman–Crippen LogP) is 2.29. The number of carbonyl (C=O) groups is 1. The van der Waals surface area contributed by atoms with Crippen LogP contribution in [-0.4, -0.2) is 24.5 Å². The van der Waals surface area contributed by atoms with Crippen molar-refractivity contribution in [2.45, 2.75) is 33.6 Å². The van der Waals surface area contributed by atoms with Crippen LogP contribution in [0.3, 0.4) is 0 Å². The molecule has 0 bridgehead atoms. The second-order valence-electron chi connectivity index (χ2n) is 4.40. The first kappa shape index (κ1) is 12.8. The molecule has 3 heteroatoms. The molecule has 0 aromatic rings. The lowest BCUT2D eigenvalue weighted by atomic mass is 9.90. The van der Waals surface area contributed by atoms with Crippen LogP contribution in [0.4, 0.5) is 0 Å². The van der Waals surface area contributed by atoms with Crippen LogP contribution in [0.25, 0.3) is 0 Å². The van der Waals surface area contributed by atoms with Crippen LogP contribution in [0, 0.1) is 5.41 Å². The van der Waals surface area contributed by atoms with Gasteiger partial charge >= 0.3 is 0 Å².